The second-order valence-electron chi connectivity index (χ2n) is 9.90. The van der Waals surface area contributed by atoms with Crippen LogP contribution in [0.1, 0.15) is 37.7 Å². The molecule has 10 heteroatoms. The number of pyridine rings is 1. The predicted molar refractivity (Wildman–Crippen MR) is 139 cm³/mol. The molecule has 0 spiro atoms. The van der Waals surface area contributed by atoms with E-state index in [1.807, 2.05) is 6.07 Å². The number of nitrogens with two attached hydrogens (primary N) is 1. The fourth-order valence-electron chi connectivity index (χ4n) is 5.29. The van der Waals surface area contributed by atoms with Crippen molar-refractivity contribution in [1.29, 1.82) is 0 Å². The number of hydrogen-bond acceptors (Lipinski definition) is 7. The number of aromatic nitrogens is 4. The van der Waals surface area contributed by atoms with Gasteiger partial charge in [-0.15, -0.1) is 0 Å². The number of hydrogen-bond donors (Lipinski definition) is 2. The average Bonchev–Trinajstić information content (AvgIpc) is 3.53. The normalized spacial score (nSPS) is 21.5. The first-order valence-electron chi connectivity index (χ1n) is 12.7. The molecule has 0 saturated carbocycles. The number of anilines is 2. The van der Waals surface area contributed by atoms with Crippen LogP contribution in [0.5, 0.6) is 5.75 Å². The summed E-state index contributed by atoms with van der Waals surface area (Å²) in [6, 6.07) is 7.64. The van der Waals surface area contributed by atoms with Gasteiger partial charge in [-0.2, -0.15) is 9.61 Å². The molecule has 2 aliphatic rings. The van der Waals surface area contributed by atoms with Crippen molar-refractivity contribution >= 4 is 17.2 Å². The van der Waals surface area contributed by atoms with Gasteiger partial charge in [0.15, 0.2) is 0 Å². The van der Waals surface area contributed by atoms with Crippen LogP contribution in [0.2, 0.25) is 0 Å². The second kappa shape index (κ2) is 10.1. The number of halogens is 2. The lowest BCUT2D eigenvalue weighted by atomic mass is 9.82. The Bertz CT molecular complexity index is 1490. The van der Waals surface area contributed by atoms with Gasteiger partial charge in [-0.3, -0.25) is 4.98 Å². The van der Waals surface area contributed by atoms with E-state index in [2.05, 4.69) is 33.4 Å². The van der Waals surface area contributed by atoms with Crippen LogP contribution in [0.4, 0.5) is 20.4 Å². The minimum Gasteiger partial charge on any atom is -0.488 e. The maximum Gasteiger partial charge on any atom is 0.229 e. The van der Waals surface area contributed by atoms with Crippen molar-refractivity contribution in [2.24, 2.45) is 5.73 Å². The Hall–Kier alpha value is -3.89. The Morgan fingerprint density at radius 2 is 2.00 bits per heavy atom. The Labute approximate surface area is 218 Å². The van der Waals surface area contributed by atoms with Crippen LogP contribution in [0, 0.1) is 11.6 Å². The van der Waals surface area contributed by atoms with Gasteiger partial charge < -0.3 is 20.5 Å². The third kappa shape index (κ3) is 4.84. The lowest BCUT2D eigenvalue weighted by molar-refractivity contribution is 0.141. The summed E-state index contributed by atoms with van der Waals surface area (Å²) in [7, 11) is 0. The van der Waals surface area contributed by atoms with Gasteiger partial charge in [0.25, 0.3) is 0 Å². The number of imidazole rings is 1. The molecule has 1 fully saturated rings. The SMILES string of the molecule is CC1=CC(N)CC(c2ccncc2Nc2ncc3ccc(-c4c(F)cc(OC5CCOC5)cc4F)nn23)C1. The molecule has 196 valence electrons. The van der Waals surface area contributed by atoms with Crippen LogP contribution in [0.3, 0.4) is 0 Å². The molecule has 3 aromatic heterocycles. The molecule has 4 aromatic rings. The maximum atomic E-state index is 15.1. The van der Waals surface area contributed by atoms with Crippen LogP contribution in [0.15, 0.2) is 60.6 Å². The number of rotatable bonds is 6. The largest absolute Gasteiger partial charge is 0.488 e. The van der Waals surface area contributed by atoms with Crippen molar-refractivity contribution in [1.82, 2.24) is 19.6 Å². The molecule has 3 unspecified atom stereocenters. The Kier molecular flexibility index (Phi) is 6.50. The number of nitrogens with one attached hydrogen (secondary N) is 1. The molecule has 4 heterocycles. The molecule has 6 rings (SSSR count). The van der Waals surface area contributed by atoms with E-state index in [4.69, 9.17) is 15.2 Å². The van der Waals surface area contributed by atoms with Gasteiger partial charge in [-0.1, -0.05) is 11.6 Å². The van der Waals surface area contributed by atoms with E-state index in [0.29, 0.717) is 31.1 Å². The van der Waals surface area contributed by atoms with Crippen molar-refractivity contribution in [2.75, 3.05) is 18.5 Å². The van der Waals surface area contributed by atoms with Crippen molar-refractivity contribution < 1.29 is 18.3 Å². The van der Waals surface area contributed by atoms with Gasteiger partial charge in [-0.05, 0) is 49.4 Å². The molecule has 8 nitrogen and oxygen atoms in total. The molecular weight excluding hydrogens is 490 g/mol. The van der Waals surface area contributed by atoms with Crippen LogP contribution in [-0.4, -0.2) is 44.9 Å². The fourth-order valence-corrected chi connectivity index (χ4v) is 5.29. The summed E-state index contributed by atoms with van der Waals surface area (Å²) in [6.45, 7) is 3.07. The lowest BCUT2D eigenvalue weighted by Gasteiger charge is -2.27. The van der Waals surface area contributed by atoms with Crippen LogP contribution >= 0.6 is 0 Å². The molecule has 1 aromatic carbocycles. The molecule has 0 bridgehead atoms. The first-order valence-corrected chi connectivity index (χ1v) is 12.7. The Morgan fingerprint density at radius 3 is 2.76 bits per heavy atom. The molecule has 1 saturated heterocycles. The number of allylic oxidation sites excluding steroid dienone is 1. The third-order valence-electron chi connectivity index (χ3n) is 7.01. The maximum absolute atomic E-state index is 15.1. The lowest BCUT2D eigenvalue weighted by Crippen LogP contribution is -2.25. The van der Waals surface area contributed by atoms with Crippen molar-refractivity contribution in [3.8, 4) is 17.0 Å². The van der Waals surface area contributed by atoms with E-state index in [9.17, 15) is 0 Å². The number of nitrogens with zero attached hydrogens (tertiary/aromatic N) is 4. The average molecular weight is 519 g/mol. The van der Waals surface area contributed by atoms with E-state index >= 15 is 8.78 Å². The van der Waals surface area contributed by atoms with Gasteiger partial charge in [0.05, 0.1) is 48.1 Å². The first-order chi connectivity index (χ1) is 18.4. The first kappa shape index (κ1) is 24.4. The van der Waals surface area contributed by atoms with E-state index in [0.717, 1.165) is 24.1 Å². The molecule has 38 heavy (non-hydrogen) atoms. The van der Waals surface area contributed by atoms with Crippen molar-refractivity contribution in [3.05, 3.63) is 77.8 Å². The molecule has 0 radical (unpaired) electrons. The summed E-state index contributed by atoms with van der Waals surface area (Å²) in [6.07, 6.45) is 9.46. The fraction of sp³-hybridized carbons (Fsp3) is 0.321. The highest BCUT2D eigenvalue weighted by Crippen LogP contribution is 2.37. The van der Waals surface area contributed by atoms with Gasteiger partial charge >= 0.3 is 0 Å². The van der Waals surface area contributed by atoms with Gasteiger partial charge in [0.2, 0.25) is 5.95 Å². The zero-order valence-corrected chi connectivity index (χ0v) is 20.9. The standard InChI is InChI=1S/C28H28F2N6O2/c1-16-8-17(10-18(31)9-16)22-4-6-32-14-26(22)34-28-33-13-19-2-3-25(35-36(19)28)27-23(29)11-21(12-24(27)30)38-20-5-7-37-15-20/h2-4,6,9,11-14,17-18,20H,5,7-8,10,15,31H2,1H3,(H,33,34). The van der Waals surface area contributed by atoms with E-state index in [-0.39, 0.29) is 35.1 Å². The minimum atomic E-state index is -0.757. The van der Waals surface area contributed by atoms with Gasteiger partial charge in [-0.25, -0.2) is 13.8 Å². The highest BCUT2D eigenvalue weighted by Gasteiger charge is 2.24. The van der Waals surface area contributed by atoms with Crippen LogP contribution < -0.4 is 15.8 Å². The highest BCUT2D eigenvalue weighted by atomic mass is 19.1. The van der Waals surface area contributed by atoms with Gasteiger partial charge in [0, 0.05) is 30.8 Å². The minimum absolute atomic E-state index is 0.000626. The van der Waals surface area contributed by atoms with E-state index in [1.54, 1.807) is 30.7 Å². The summed E-state index contributed by atoms with van der Waals surface area (Å²) < 4.78 is 42.7. The molecule has 3 atom stereocenters. The molecule has 3 N–H and O–H groups in total. The summed E-state index contributed by atoms with van der Waals surface area (Å²) >= 11 is 0. The highest BCUT2D eigenvalue weighted by molar-refractivity contribution is 5.66. The molecule has 0 amide bonds. The zero-order chi connectivity index (χ0) is 26.2. The third-order valence-corrected chi connectivity index (χ3v) is 7.01. The smallest absolute Gasteiger partial charge is 0.229 e. The van der Waals surface area contributed by atoms with Gasteiger partial charge in [0.1, 0.15) is 23.5 Å². The number of fused-ring (bicyclic) bond motifs is 1. The molecule has 1 aliphatic heterocycles. The predicted octanol–water partition coefficient (Wildman–Crippen LogP) is 5.13. The van der Waals surface area contributed by atoms with Crippen molar-refractivity contribution in [3.63, 3.8) is 0 Å². The Morgan fingerprint density at radius 1 is 1.16 bits per heavy atom. The van der Waals surface area contributed by atoms with E-state index < -0.39 is 11.6 Å². The Balaban J connectivity index is 1.31. The summed E-state index contributed by atoms with van der Waals surface area (Å²) in [5.41, 5.74) is 9.94. The van der Waals surface area contributed by atoms with Crippen molar-refractivity contribution in [2.45, 2.75) is 44.2 Å². The van der Waals surface area contributed by atoms with Crippen LogP contribution in [-0.2, 0) is 4.74 Å². The van der Waals surface area contributed by atoms with E-state index in [1.165, 1.54) is 22.2 Å². The summed E-state index contributed by atoms with van der Waals surface area (Å²) in [4.78, 5) is 8.75. The zero-order valence-electron chi connectivity index (χ0n) is 20.9. The second-order valence-corrected chi connectivity index (χ2v) is 9.90. The molecule has 1 aliphatic carbocycles. The summed E-state index contributed by atoms with van der Waals surface area (Å²) in [5, 5.41) is 7.85. The van der Waals surface area contributed by atoms with Crippen LogP contribution in [0.25, 0.3) is 16.8 Å². The monoisotopic (exact) mass is 518 g/mol. The topological polar surface area (TPSA) is 99.6 Å². The molecular formula is C28H28F2N6O2. The number of benzene rings is 1. The quantitative estimate of drug-likeness (QED) is 0.341. The number of ether oxygens (including phenoxy) is 2. The summed E-state index contributed by atoms with van der Waals surface area (Å²) in [5.74, 6) is -0.749.